The molecule has 182 valence electrons. The zero-order chi connectivity index (χ0) is 23.6. The molecule has 0 saturated carbocycles. The molecule has 3 saturated heterocycles. The smallest absolute Gasteiger partial charge is 0.355 e. The molecule has 1 aromatic rings. The summed E-state index contributed by atoms with van der Waals surface area (Å²) >= 11 is 0. The fourth-order valence-electron chi connectivity index (χ4n) is 5.33. The van der Waals surface area contributed by atoms with Gasteiger partial charge in [0.2, 0.25) is 11.8 Å². The van der Waals surface area contributed by atoms with Gasteiger partial charge in [0.1, 0.15) is 5.82 Å². The lowest BCUT2D eigenvalue weighted by Crippen LogP contribution is -2.50. The van der Waals surface area contributed by atoms with Crippen LogP contribution in [0, 0.1) is 17.8 Å². The van der Waals surface area contributed by atoms with Gasteiger partial charge in [0.25, 0.3) is 0 Å². The third kappa shape index (κ3) is 5.44. The average Bonchev–Trinajstić information content (AvgIpc) is 2.83. The zero-order valence-electron chi connectivity index (χ0n) is 19.2. The van der Waals surface area contributed by atoms with Crippen LogP contribution in [0.3, 0.4) is 0 Å². The summed E-state index contributed by atoms with van der Waals surface area (Å²) in [6, 6.07) is 2.33. The Morgan fingerprint density at radius 2 is 1.52 bits per heavy atom. The molecule has 3 fully saturated rings. The van der Waals surface area contributed by atoms with E-state index >= 15 is 0 Å². The lowest BCUT2D eigenvalue weighted by atomic mass is 9.91. The number of halogens is 3. The number of rotatable bonds is 3. The maximum atomic E-state index is 13.4. The van der Waals surface area contributed by atoms with Gasteiger partial charge in [-0.2, -0.15) is 13.2 Å². The highest BCUT2D eigenvalue weighted by Gasteiger charge is 2.39. The van der Waals surface area contributed by atoms with Crippen LogP contribution in [0.15, 0.2) is 18.3 Å². The lowest BCUT2D eigenvalue weighted by molar-refractivity contribution is -0.143. The van der Waals surface area contributed by atoms with Gasteiger partial charge in [-0.1, -0.05) is 6.92 Å². The molecule has 1 atom stereocenters. The monoisotopic (exact) mass is 466 g/mol. The molecule has 0 aliphatic carbocycles. The lowest BCUT2D eigenvalue weighted by Gasteiger charge is -2.39. The molecule has 3 aliphatic heterocycles. The SMILES string of the molecule is CC1CCN(C(=O)C2CCN(C(=O)C3CCCN(c4ncccc4C(F)(F)F)C3)CC2)CC1. The van der Waals surface area contributed by atoms with Gasteiger partial charge in [-0.3, -0.25) is 9.59 Å². The van der Waals surface area contributed by atoms with E-state index < -0.39 is 11.7 Å². The highest BCUT2D eigenvalue weighted by atomic mass is 19.4. The van der Waals surface area contributed by atoms with Crippen molar-refractivity contribution >= 4 is 17.6 Å². The Kier molecular flexibility index (Phi) is 7.14. The van der Waals surface area contributed by atoms with E-state index in [2.05, 4.69) is 11.9 Å². The number of piperidine rings is 3. The largest absolute Gasteiger partial charge is 0.419 e. The van der Waals surface area contributed by atoms with Gasteiger partial charge < -0.3 is 14.7 Å². The summed E-state index contributed by atoms with van der Waals surface area (Å²) in [5, 5.41) is 0. The molecule has 0 radical (unpaired) electrons. The van der Waals surface area contributed by atoms with Gasteiger partial charge >= 0.3 is 6.18 Å². The van der Waals surface area contributed by atoms with Crippen LogP contribution in [-0.4, -0.2) is 65.9 Å². The molecule has 0 bridgehead atoms. The van der Waals surface area contributed by atoms with Crippen LogP contribution in [0.4, 0.5) is 19.0 Å². The first-order chi connectivity index (χ1) is 15.7. The van der Waals surface area contributed by atoms with Gasteiger partial charge in [0.15, 0.2) is 0 Å². The molecule has 0 aromatic carbocycles. The number of pyridine rings is 1. The van der Waals surface area contributed by atoms with Gasteiger partial charge in [-0.25, -0.2) is 4.98 Å². The summed E-state index contributed by atoms with van der Waals surface area (Å²) in [4.78, 5) is 35.4. The van der Waals surface area contributed by atoms with Crippen LogP contribution in [0.25, 0.3) is 0 Å². The minimum atomic E-state index is -4.48. The third-order valence-corrected chi connectivity index (χ3v) is 7.41. The number of aromatic nitrogens is 1. The first-order valence-corrected chi connectivity index (χ1v) is 12.1. The molecule has 0 spiro atoms. The van der Waals surface area contributed by atoms with Gasteiger partial charge in [0, 0.05) is 51.4 Å². The molecule has 9 heteroatoms. The van der Waals surface area contributed by atoms with Crippen molar-refractivity contribution in [1.29, 1.82) is 0 Å². The Morgan fingerprint density at radius 1 is 0.909 bits per heavy atom. The molecular formula is C24H33F3N4O2. The normalized spacial score (nSPS) is 23.6. The number of anilines is 1. The molecule has 6 nitrogen and oxygen atoms in total. The molecule has 4 rings (SSSR count). The van der Waals surface area contributed by atoms with E-state index in [1.54, 1.807) is 9.80 Å². The van der Waals surface area contributed by atoms with Crippen LogP contribution < -0.4 is 4.90 Å². The Hall–Kier alpha value is -2.32. The number of hydrogen-bond donors (Lipinski definition) is 0. The molecule has 1 aromatic heterocycles. The molecular weight excluding hydrogens is 433 g/mol. The molecule has 3 aliphatic rings. The summed E-state index contributed by atoms with van der Waals surface area (Å²) in [6.45, 7) is 5.63. The van der Waals surface area contributed by atoms with E-state index in [0.717, 1.165) is 32.0 Å². The topological polar surface area (TPSA) is 56.8 Å². The molecule has 0 N–H and O–H groups in total. The fourth-order valence-corrected chi connectivity index (χ4v) is 5.33. The van der Waals surface area contributed by atoms with Crippen molar-refractivity contribution in [2.45, 2.75) is 51.6 Å². The number of nitrogens with zero attached hydrogens (tertiary/aromatic N) is 4. The van der Waals surface area contributed by atoms with E-state index in [1.165, 1.54) is 12.3 Å². The van der Waals surface area contributed by atoms with Crippen molar-refractivity contribution in [2.75, 3.05) is 44.2 Å². The van der Waals surface area contributed by atoms with Crippen LogP contribution >= 0.6 is 0 Å². The molecule has 4 heterocycles. The minimum absolute atomic E-state index is 0.0121. The maximum absolute atomic E-state index is 13.4. The minimum Gasteiger partial charge on any atom is -0.355 e. The van der Waals surface area contributed by atoms with Crippen LogP contribution in [0.2, 0.25) is 0 Å². The Labute approximate surface area is 193 Å². The Morgan fingerprint density at radius 3 is 2.15 bits per heavy atom. The summed E-state index contributed by atoms with van der Waals surface area (Å²) in [5.41, 5.74) is -0.760. The van der Waals surface area contributed by atoms with Gasteiger partial charge in [-0.15, -0.1) is 0 Å². The van der Waals surface area contributed by atoms with Gasteiger partial charge in [-0.05, 0) is 56.6 Å². The van der Waals surface area contributed by atoms with E-state index in [-0.39, 0.29) is 36.0 Å². The summed E-state index contributed by atoms with van der Waals surface area (Å²) in [5.74, 6) is 0.393. The Bertz CT molecular complexity index is 846. The van der Waals surface area contributed by atoms with Crippen LogP contribution in [0.5, 0.6) is 0 Å². The predicted octanol–water partition coefficient (Wildman–Crippen LogP) is 3.81. The van der Waals surface area contributed by atoms with Crippen molar-refractivity contribution in [2.24, 2.45) is 17.8 Å². The zero-order valence-corrected chi connectivity index (χ0v) is 19.2. The van der Waals surface area contributed by atoms with Crippen molar-refractivity contribution in [1.82, 2.24) is 14.8 Å². The molecule has 33 heavy (non-hydrogen) atoms. The highest BCUT2D eigenvalue weighted by Crippen LogP contribution is 2.37. The first kappa shape index (κ1) is 23.8. The number of amides is 2. The average molecular weight is 467 g/mol. The van der Waals surface area contributed by atoms with Crippen molar-refractivity contribution < 1.29 is 22.8 Å². The number of carbonyl (C=O) groups excluding carboxylic acids is 2. The van der Waals surface area contributed by atoms with Crippen molar-refractivity contribution in [3.8, 4) is 0 Å². The van der Waals surface area contributed by atoms with Crippen LogP contribution in [-0.2, 0) is 15.8 Å². The summed E-state index contributed by atoms with van der Waals surface area (Å²) in [6.07, 6.45) is 1.60. The van der Waals surface area contributed by atoms with Gasteiger partial charge in [0.05, 0.1) is 11.5 Å². The first-order valence-electron chi connectivity index (χ1n) is 12.1. The van der Waals surface area contributed by atoms with E-state index in [1.807, 2.05) is 4.90 Å². The highest BCUT2D eigenvalue weighted by molar-refractivity contribution is 5.82. The van der Waals surface area contributed by atoms with Crippen molar-refractivity contribution in [3.63, 3.8) is 0 Å². The van der Waals surface area contributed by atoms with E-state index in [0.29, 0.717) is 51.2 Å². The molecule has 2 amide bonds. The number of alkyl halides is 3. The standard InChI is InChI=1S/C24H33F3N4O2/c1-17-6-12-29(13-7-17)22(32)18-8-14-30(15-9-18)23(33)19-4-3-11-31(16-19)21-20(24(25,26)27)5-2-10-28-21/h2,5,10,17-19H,3-4,6-9,11-16H2,1H3. The number of hydrogen-bond acceptors (Lipinski definition) is 4. The Balaban J connectivity index is 1.33. The second kappa shape index (κ2) is 9.89. The van der Waals surface area contributed by atoms with Crippen molar-refractivity contribution in [3.05, 3.63) is 23.9 Å². The van der Waals surface area contributed by atoms with E-state index in [4.69, 9.17) is 0 Å². The number of likely N-dealkylation sites (tertiary alicyclic amines) is 2. The number of carbonyl (C=O) groups is 2. The second-order valence-corrected chi connectivity index (χ2v) is 9.76. The molecule has 1 unspecified atom stereocenters. The summed E-state index contributed by atoms with van der Waals surface area (Å²) < 4.78 is 40.3. The maximum Gasteiger partial charge on any atom is 0.419 e. The van der Waals surface area contributed by atoms with E-state index in [9.17, 15) is 22.8 Å². The quantitative estimate of drug-likeness (QED) is 0.680. The third-order valence-electron chi connectivity index (χ3n) is 7.41. The predicted molar refractivity (Wildman–Crippen MR) is 118 cm³/mol. The van der Waals surface area contributed by atoms with Crippen LogP contribution in [0.1, 0.15) is 51.0 Å². The second-order valence-electron chi connectivity index (χ2n) is 9.76. The summed E-state index contributed by atoms with van der Waals surface area (Å²) in [7, 11) is 0. The fraction of sp³-hybridized carbons (Fsp3) is 0.708.